The van der Waals surface area contributed by atoms with E-state index in [1.165, 1.54) is 7.11 Å². The topological polar surface area (TPSA) is 111 Å². The van der Waals surface area contributed by atoms with E-state index in [-0.39, 0.29) is 18.2 Å². The van der Waals surface area contributed by atoms with Crippen molar-refractivity contribution in [1.29, 1.82) is 0 Å². The van der Waals surface area contributed by atoms with Crippen LogP contribution >= 0.6 is 0 Å². The van der Waals surface area contributed by atoms with E-state index < -0.39 is 23.6 Å². The third-order valence-corrected chi connectivity index (χ3v) is 3.87. The average molecular weight is 299 g/mol. The molecule has 7 nitrogen and oxygen atoms in total. The van der Waals surface area contributed by atoms with Gasteiger partial charge in [-0.15, -0.1) is 0 Å². The molecule has 4 N–H and O–H groups in total. The van der Waals surface area contributed by atoms with Crippen LogP contribution in [0.15, 0.2) is 0 Å². The monoisotopic (exact) mass is 299 g/mol. The number of primary amides is 1. The van der Waals surface area contributed by atoms with Gasteiger partial charge in [0.25, 0.3) is 0 Å². The quantitative estimate of drug-likeness (QED) is 0.669. The molecule has 0 aromatic rings. The van der Waals surface area contributed by atoms with Gasteiger partial charge in [0.15, 0.2) is 0 Å². The standard InChI is InChI=1S/C14H25N3O4/c1-9(2)11(16-13(20)21-3)12(19)17-14(8-10(15)18)6-4-5-7-14/h9,11H,4-8H2,1-3H3,(H2,15,18)(H,16,20)(H,17,19)/t11-/m0/s1. The Kier molecular flexibility index (Phi) is 5.99. The molecule has 1 atom stereocenters. The molecular formula is C14H25N3O4. The number of rotatable bonds is 6. The summed E-state index contributed by atoms with van der Waals surface area (Å²) in [7, 11) is 1.25. The molecule has 0 bridgehead atoms. The Labute approximate surface area is 125 Å². The van der Waals surface area contributed by atoms with Gasteiger partial charge in [-0.05, 0) is 18.8 Å². The van der Waals surface area contributed by atoms with E-state index in [9.17, 15) is 14.4 Å². The van der Waals surface area contributed by atoms with Crippen LogP contribution in [-0.2, 0) is 14.3 Å². The van der Waals surface area contributed by atoms with Gasteiger partial charge in [-0.1, -0.05) is 26.7 Å². The Balaban J connectivity index is 2.78. The number of hydrogen-bond acceptors (Lipinski definition) is 4. The van der Waals surface area contributed by atoms with E-state index in [4.69, 9.17) is 5.73 Å². The molecule has 0 unspecified atom stereocenters. The second-order valence-corrected chi connectivity index (χ2v) is 5.98. The second kappa shape index (κ2) is 7.28. The van der Waals surface area contributed by atoms with Gasteiger partial charge in [0.05, 0.1) is 7.11 Å². The molecule has 0 aromatic carbocycles. The number of carbonyl (C=O) groups excluding carboxylic acids is 3. The molecule has 0 saturated heterocycles. The summed E-state index contributed by atoms with van der Waals surface area (Å²) in [6.45, 7) is 3.66. The first-order valence-corrected chi connectivity index (χ1v) is 7.24. The van der Waals surface area contributed by atoms with E-state index in [1.807, 2.05) is 13.8 Å². The molecule has 0 spiro atoms. The van der Waals surface area contributed by atoms with Crippen LogP contribution in [0.2, 0.25) is 0 Å². The normalized spacial score (nSPS) is 18.1. The van der Waals surface area contributed by atoms with Crippen LogP contribution in [0.25, 0.3) is 0 Å². The molecule has 120 valence electrons. The van der Waals surface area contributed by atoms with Crippen molar-refractivity contribution in [3.63, 3.8) is 0 Å². The van der Waals surface area contributed by atoms with Crippen molar-refractivity contribution in [2.75, 3.05) is 7.11 Å². The van der Waals surface area contributed by atoms with E-state index in [0.29, 0.717) is 0 Å². The summed E-state index contributed by atoms with van der Waals surface area (Å²) < 4.78 is 4.54. The van der Waals surface area contributed by atoms with E-state index in [1.54, 1.807) is 0 Å². The minimum absolute atomic E-state index is 0.101. The van der Waals surface area contributed by atoms with Crippen molar-refractivity contribution >= 4 is 17.9 Å². The zero-order chi connectivity index (χ0) is 16.0. The van der Waals surface area contributed by atoms with Crippen LogP contribution in [0.4, 0.5) is 4.79 Å². The van der Waals surface area contributed by atoms with Crippen molar-refractivity contribution in [3.05, 3.63) is 0 Å². The van der Waals surface area contributed by atoms with Crippen molar-refractivity contribution in [1.82, 2.24) is 10.6 Å². The first-order valence-electron chi connectivity index (χ1n) is 7.24. The first-order chi connectivity index (χ1) is 9.79. The molecular weight excluding hydrogens is 274 g/mol. The van der Waals surface area contributed by atoms with Gasteiger partial charge >= 0.3 is 6.09 Å². The maximum Gasteiger partial charge on any atom is 0.407 e. The Morgan fingerprint density at radius 3 is 2.24 bits per heavy atom. The van der Waals surface area contributed by atoms with Crippen LogP contribution in [0, 0.1) is 5.92 Å². The fraction of sp³-hybridized carbons (Fsp3) is 0.786. The predicted octanol–water partition coefficient (Wildman–Crippen LogP) is 0.671. The van der Waals surface area contributed by atoms with Gasteiger partial charge in [0.2, 0.25) is 11.8 Å². The molecule has 3 amide bonds. The number of methoxy groups -OCH3 is 1. The summed E-state index contributed by atoms with van der Waals surface area (Å²) in [6.07, 6.45) is 2.82. The van der Waals surface area contributed by atoms with Crippen molar-refractivity contribution < 1.29 is 19.1 Å². The summed E-state index contributed by atoms with van der Waals surface area (Å²) in [5.41, 5.74) is 4.72. The largest absolute Gasteiger partial charge is 0.453 e. The minimum atomic E-state index is -0.706. The van der Waals surface area contributed by atoms with Gasteiger partial charge in [0.1, 0.15) is 6.04 Å². The van der Waals surface area contributed by atoms with Crippen LogP contribution in [0.1, 0.15) is 46.0 Å². The molecule has 1 aliphatic carbocycles. The molecule has 1 saturated carbocycles. The summed E-state index contributed by atoms with van der Waals surface area (Å²) in [4.78, 5) is 35.0. The minimum Gasteiger partial charge on any atom is -0.453 e. The lowest BCUT2D eigenvalue weighted by Gasteiger charge is -2.32. The highest BCUT2D eigenvalue weighted by atomic mass is 16.5. The third kappa shape index (κ3) is 4.91. The molecule has 1 rings (SSSR count). The zero-order valence-corrected chi connectivity index (χ0v) is 12.9. The van der Waals surface area contributed by atoms with Crippen LogP contribution in [0.3, 0.4) is 0 Å². The number of ether oxygens (including phenoxy) is 1. The number of nitrogens with one attached hydrogen (secondary N) is 2. The zero-order valence-electron chi connectivity index (χ0n) is 12.9. The molecule has 1 aliphatic rings. The van der Waals surface area contributed by atoms with Crippen LogP contribution in [0.5, 0.6) is 0 Å². The molecule has 21 heavy (non-hydrogen) atoms. The third-order valence-electron chi connectivity index (χ3n) is 3.87. The number of carbonyl (C=O) groups is 3. The fourth-order valence-electron chi connectivity index (χ4n) is 2.79. The number of nitrogens with two attached hydrogens (primary N) is 1. The van der Waals surface area contributed by atoms with Crippen molar-refractivity contribution in [2.24, 2.45) is 11.7 Å². The first kappa shape index (κ1) is 17.3. The Hall–Kier alpha value is -1.79. The summed E-state index contributed by atoms with van der Waals surface area (Å²) in [5.74, 6) is -0.839. The Bertz CT molecular complexity index is 403. The summed E-state index contributed by atoms with van der Waals surface area (Å²) in [6, 6.07) is -0.706. The Morgan fingerprint density at radius 2 is 1.81 bits per heavy atom. The van der Waals surface area contributed by atoms with Crippen LogP contribution in [-0.4, -0.2) is 36.6 Å². The highest BCUT2D eigenvalue weighted by Gasteiger charge is 2.39. The molecule has 7 heteroatoms. The smallest absolute Gasteiger partial charge is 0.407 e. The van der Waals surface area contributed by atoms with Gasteiger partial charge < -0.3 is 21.1 Å². The number of amides is 3. The number of alkyl carbamates (subject to hydrolysis) is 1. The molecule has 0 heterocycles. The maximum absolute atomic E-state index is 12.4. The SMILES string of the molecule is COC(=O)N[C@H](C(=O)NC1(CC(N)=O)CCCC1)C(C)C. The highest BCUT2D eigenvalue weighted by molar-refractivity contribution is 5.87. The molecule has 1 fully saturated rings. The number of hydrogen-bond donors (Lipinski definition) is 3. The average Bonchev–Trinajstić information content (AvgIpc) is 2.82. The van der Waals surface area contributed by atoms with Crippen molar-refractivity contribution in [2.45, 2.75) is 57.5 Å². The summed E-state index contributed by atoms with van der Waals surface area (Å²) >= 11 is 0. The lowest BCUT2D eigenvalue weighted by atomic mass is 9.91. The molecule has 0 radical (unpaired) electrons. The van der Waals surface area contributed by atoms with Gasteiger partial charge in [-0.3, -0.25) is 9.59 Å². The maximum atomic E-state index is 12.4. The van der Waals surface area contributed by atoms with E-state index >= 15 is 0 Å². The molecule has 0 aliphatic heterocycles. The van der Waals surface area contributed by atoms with Gasteiger partial charge in [0, 0.05) is 12.0 Å². The fourth-order valence-corrected chi connectivity index (χ4v) is 2.79. The second-order valence-electron chi connectivity index (χ2n) is 5.98. The predicted molar refractivity (Wildman–Crippen MR) is 77.3 cm³/mol. The molecule has 0 aromatic heterocycles. The van der Waals surface area contributed by atoms with Crippen molar-refractivity contribution in [3.8, 4) is 0 Å². The van der Waals surface area contributed by atoms with Gasteiger partial charge in [-0.2, -0.15) is 0 Å². The van der Waals surface area contributed by atoms with Gasteiger partial charge in [-0.25, -0.2) is 4.79 Å². The lowest BCUT2D eigenvalue weighted by molar-refractivity contribution is -0.127. The van der Waals surface area contributed by atoms with Crippen LogP contribution < -0.4 is 16.4 Å². The van der Waals surface area contributed by atoms with E-state index in [0.717, 1.165) is 25.7 Å². The summed E-state index contributed by atoms with van der Waals surface area (Å²) in [5, 5.41) is 5.45. The van der Waals surface area contributed by atoms with E-state index in [2.05, 4.69) is 15.4 Å². The Morgan fingerprint density at radius 1 is 1.24 bits per heavy atom. The highest BCUT2D eigenvalue weighted by Crippen LogP contribution is 2.32. The lowest BCUT2D eigenvalue weighted by Crippen LogP contribution is -2.57.